The van der Waals surface area contributed by atoms with Gasteiger partial charge in [-0.15, -0.1) is 0 Å². The number of ether oxygens (including phenoxy) is 1. The Morgan fingerprint density at radius 2 is 2.11 bits per heavy atom. The van der Waals surface area contributed by atoms with Gasteiger partial charge < -0.3 is 10.1 Å². The van der Waals surface area contributed by atoms with Crippen LogP contribution in [0.3, 0.4) is 0 Å². The third-order valence-electron chi connectivity index (χ3n) is 1.93. The number of imide groups is 1. The normalized spacial score (nSPS) is 10.2. The van der Waals surface area contributed by atoms with Gasteiger partial charge in [0, 0.05) is 11.1 Å². The predicted octanol–water partition coefficient (Wildman–Crippen LogP) is 2.72. The summed E-state index contributed by atoms with van der Waals surface area (Å²) >= 11 is 9.04. The van der Waals surface area contributed by atoms with Crippen molar-refractivity contribution < 1.29 is 14.3 Å². The molecule has 104 valence electrons. The van der Waals surface area contributed by atoms with E-state index in [-0.39, 0.29) is 12.6 Å². The average molecular weight is 350 g/mol. The van der Waals surface area contributed by atoms with Crippen molar-refractivity contribution in [2.75, 3.05) is 6.61 Å². The molecule has 0 unspecified atom stereocenters. The molecule has 1 aromatic carbocycles. The highest BCUT2D eigenvalue weighted by atomic mass is 79.9. The Balaban J connectivity index is 2.44. The molecule has 0 saturated carbocycles. The molecule has 0 fully saturated rings. The number of carbonyl (C=O) groups is 2. The number of amides is 3. The van der Waals surface area contributed by atoms with E-state index in [4.69, 9.17) is 16.3 Å². The van der Waals surface area contributed by atoms with Gasteiger partial charge in [0.2, 0.25) is 0 Å². The van der Waals surface area contributed by atoms with Crippen LogP contribution in [0.15, 0.2) is 22.7 Å². The summed E-state index contributed by atoms with van der Waals surface area (Å²) < 4.78 is 5.90. The van der Waals surface area contributed by atoms with Crippen LogP contribution in [0.1, 0.15) is 13.8 Å². The lowest BCUT2D eigenvalue weighted by molar-refractivity contribution is -0.122. The number of urea groups is 1. The van der Waals surface area contributed by atoms with Crippen LogP contribution < -0.4 is 15.4 Å². The fourth-order valence-corrected chi connectivity index (χ4v) is 1.99. The van der Waals surface area contributed by atoms with Gasteiger partial charge in [0.15, 0.2) is 6.61 Å². The molecular formula is C12H14BrClN2O3. The average Bonchev–Trinajstić information content (AvgIpc) is 2.26. The van der Waals surface area contributed by atoms with Crippen LogP contribution in [-0.2, 0) is 4.79 Å². The van der Waals surface area contributed by atoms with Crippen LogP contribution in [0, 0.1) is 0 Å². The Morgan fingerprint density at radius 1 is 1.42 bits per heavy atom. The number of nitrogens with one attached hydrogen (secondary N) is 2. The molecule has 2 N–H and O–H groups in total. The number of halogens is 2. The molecule has 0 bridgehead atoms. The molecule has 0 aliphatic rings. The summed E-state index contributed by atoms with van der Waals surface area (Å²) in [7, 11) is 0. The van der Waals surface area contributed by atoms with E-state index < -0.39 is 11.9 Å². The maximum absolute atomic E-state index is 11.4. The van der Waals surface area contributed by atoms with E-state index >= 15 is 0 Å². The Morgan fingerprint density at radius 3 is 2.68 bits per heavy atom. The summed E-state index contributed by atoms with van der Waals surface area (Å²) in [6.07, 6.45) is 0. The van der Waals surface area contributed by atoms with E-state index in [0.717, 1.165) is 0 Å². The van der Waals surface area contributed by atoms with E-state index in [1.54, 1.807) is 32.0 Å². The molecule has 19 heavy (non-hydrogen) atoms. The van der Waals surface area contributed by atoms with Crippen molar-refractivity contribution in [2.45, 2.75) is 19.9 Å². The molecule has 1 rings (SSSR count). The number of hydrogen-bond donors (Lipinski definition) is 2. The monoisotopic (exact) mass is 348 g/mol. The summed E-state index contributed by atoms with van der Waals surface area (Å²) in [4.78, 5) is 22.7. The highest BCUT2D eigenvalue weighted by Gasteiger charge is 2.10. The number of benzene rings is 1. The molecule has 0 spiro atoms. The Hall–Kier alpha value is -1.27. The Kier molecular flexibility index (Phi) is 6.11. The fraction of sp³-hybridized carbons (Fsp3) is 0.333. The minimum atomic E-state index is -0.543. The van der Waals surface area contributed by atoms with E-state index in [1.807, 2.05) is 0 Å². The lowest BCUT2D eigenvalue weighted by atomic mass is 10.3. The third kappa shape index (κ3) is 5.94. The van der Waals surface area contributed by atoms with Crippen molar-refractivity contribution in [1.29, 1.82) is 0 Å². The van der Waals surface area contributed by atoms with E-state index in [0.29, 0.717) is 15.2 Å². The first-order valence-electron chi connectivity index (χ1n) is 5.56. The van der Waals surface area contributed by atoms with E-state index in [9.17, 15) is 9.59 Å². The Bertz CT molecular complexity index is 480. The van der Waals surface area contributed by atoms with Gasteiger partial charge in [0.1, 0.15) is 5.75 Å². The van der Waals surface area contributed by atoms with Gasteiger partial charge in [-0.3, -0.25) is 10.1 Å². The van der Waals surface area contributed by atoms with Crippen LogP contribution in [0.25, 0.3) is 0 Å². The van der Waals surface area contributed by atoms with Gasteiger partial charge in [-0.1, -0.05) is 11.6 Å². The summed E-state index contributed by atoms with van der Waals surface area (Å²) in [6.45, 7) is 3.34. The second kappa shape index (κ2) is 7.35. The molecule has 3 amide bonds. The van der Waals surface area contributed by atoms with Crippen LogP contribution in [-0.4, -0.2) is 24.6 Å². The lowest BCUT2D eigenvalue weighted by Gasteiger charge is -2.10. The molecule has 0 aliphatic heterocycles. The second-order valence-corrected chi connectivity index (χ2v) is 5.33. The third-order valence-corrected chi connectivity index (χ3v) is 2.78. The highest BCUT2D eigenvalue weighted by molar-refractivity contribution is 9.10. The SMILES string of the molecule is CC(C)NC(=O)NC(=O)COc1ccc(Cl)cc1Br. The van der Waals surface area contributed by atoms with Gasteiger partial charge in [-0.2, -0.15) is 0 Å². The van der Waals surface area contributed by atoms with Gasteiger partial charge in [0.05, 0.1) is 4.47 Å². The van der Waals surface area contributed by atoms with Gasteiger partial charge in [0.25, 0.3) is 5.91 Å². The fourth-order valence-electron chi connectivity index (χ4n) is 1.20. The summed E-state index contributed by atoms with van der Waals surface area (Å²) in [5.74, 6) is -0.0520. The molecule has 5 nitrogen and oxygen atoms in total. The second-order valence-electron chi connectivity index (χ2n) is 4.04. The molecule has 0 aliphatic carbocycles. The Labute approximate surface area is 124 Å². The number of rotatable bonds is 4. The molecule has 0 aromatic heterocycles. The molecule has 0 atom stereocenters. The van der Waals surface area contributed by atoms with Crippen molar-refractivity contribution in [1.82, 2.24) is 10.6 Å². The number of carbonyl (C=O) groups excluding carboxylic acids is 2. The topological polar surface area (TPSA) is 67.4 Å². The molecule has 1 aromatic rings. The van der Waals surface area contributed by atoms with Crippen LogP contribution in [0.4, 0.5) is 4.79 Å². The predicted molar refractivity (Wildman–Crippen MR) is 76.5 cm³/mol. The zero-order valence-corrected chi connectivity index (χ0v) is 12.8. The molecular weight excluding hydrogens is 336 g/mol. The largest absolute Gasteiger partial charge is 0.483 e. The molecule has 0 saturated heterocycles. The summed E-state index contributed by atoms with van der Waals surface area (Å²) in [5, 5.41) is 5.25. The van der Waals surface area contributed by atoms with Crippen LogP contribution in [0.5, 0.6) is 5.75 Å². The van der Waals surface area contributed by atoms with Crippen molar-refractivity contribution in [2.24, 2.45) is 0 Å². The maximum atomic E-state index is 11.4. The first kappa shape index (κ1) is 15.8. The molecule has 7 heteroatoms. The highest BCUT2D eigenvalue weighted by Crippen LogP contribution is 2.27. The van der Waals surface area contributed by atoms with E-state index in [2.05, 4.69) is 26.6 Å². The zero-order chi connectivity index (χ0) is 14.4. The lowest BCUT2D eigenvalue weighted by Crippen LogP contribution is -2.44. The first-order valence-corrected chi connectivity index (χ1v) is 6.73. The quantitative estimate of drug-likeness (QED) is 0.878. The van der Waals surface area contributed by atoms with Crippen molar-refractivity contribution >= 4 is 39.5 Å². The molecule has 0 radical (unpaired) electrons. The maximum Gasteiger partial charge on any atom is 0.321 e. The smallest absolute Gasteiger partial charge is 0.321 e. The summed E-state index contributed by atoms with van der Waals surface area (Å²) in [5.41, 5.74) is 0. The number of hydrogen-bond acceptors (Lipinski definition) is 3. The van der Waals surface area contributed by atoms with Crippen molar-refractivity contribution in [3.05, 3.63) is 27.7 Å². The van der Waals surface area contributed by atoms with Crippen LogP contribution >= 0.6 is 27.5 Å². The van der Waals surface area contributed by atoms with Gasteiger partial charge >= 0.3 is 6.03 Å². The summed E-state index contributed by atoms with van der Waals surface area (Å²) in [6, 6.07) is 4.34. The zero-order valence-electron chi connectivity index (χ0n) is 10.5. The minimum absolute atomic E-state index is 0.0425. The minimum Gasteiger partial charge on any atom is -0.483 e. The van der Waals surface area contributed by atoms with Crippen LogP contribution in [0.2, 0.25) is 5.02 Å². The van der Waals surface area contributed by atoms with Crippen molar-refractivity contribution in [3.8, 4) is 5.75 Å². The first-order chi connectivity index (χ1) is 8.88. The van der Waals surface area contributed by atoms with Crippen molar-refractivity contribution in [3.63, 3.8) is 0 Å². The van der Waals surface area contributed by atoms with E-state index in [1.165, 1.54) is 0 Å². The molecule has 0 heterocycles. The van der Waals surface area contributed by atoms with Gasteiger partial charge in [-0.25, -0.2) is 4.79 Å². The standard InChI is InChI=1S/C12H14BrClN2O3/c1-7(2)15-12(18)16-11(17)6-19-10-4-3-8(14)5-9(10)13/h3-5,7H,6H2,1-2H3,(H2,15,16,17,18). The van der Waals surface area contributed by atoms with Gasteiger partial charge in [-0.05, 0) is 48.0 Å².